The van der Waals surface area contributed by atoms with E-state index >= 15 is 0 Å². The zero-order chi connectivity index (χ0) is 21.1. The maximum atomic E-state index is 12.7. The molecular weight excluding hydrogens is 402 g/mol. The highest BCUT2D eigenvalue weighted by atomic mass is 35.5. The van der Waals surface area contributed by atoms with E-state index in [4.69, 9.17) is 11.6 Å². The van der Waals surface area contributed by atoms with Gasteiger partial charge in [0.15, 0.2) is 0 Å². The minimum absolute atomic E-state index is 0.0976. The maximum absolute atomic E-state index is 12.7. The molecule has 0 saturated carbocycles. The molecular formula is C23H22ClN3O3. The molecule has 6 nitrogen and oxygen atoms in total. The molecule has 0 bridgehead atoms. The summed E-state index contributed by atoms with van der Waals surface area (Å²) in [6.45, 7) is 2.50. The van der Waals surface area contributed by atoms with E-state index in [0.717, 1.165) is 32.5 Å². The van der Waals surface area contributed by atoms with Crippen molar-refractivity contribution in [2.75, 3.05) is 18.4 Å². The van der Waals surface area contributed by atoms with Gasteiger partial charge in [-0.15, -0.1) is 0 Å². The number of likely N-dealkylation sites (tertiary alicyclic amines) is 1. The monoisotopic (exact) mass is 423 g/mol. The molecule has 30 heavy (non-hydrogen) atoms. The number of nitrogens with zero attached hydrogens (tertiary/aromatic N) is 2. The fourth-order valence-electron chi connectivity index (χ4n) is 3.98. The third-order valence-corrected chi connectivity index (χ3v) is 5.98. The van der Waals surface area contributed by atoms with Gasteiger partial charge in [0.05, 0.1) is 15.6 Å². The topological polar surface area (TPSA) is 75.5 Å². The number of amides is 1. The molecule has 0 aliphatic carbocycles. The fraction of sp³-hybridized carbons (Fsp3) is 0.261. The number of nitro groups is 1. The lowest BCUT2D eigenvalue weighted by molar-refractivity contribution is -0.384. The van der Waals surface area contributed by atoms with Gasteiger partial charge in [-0.1, -0.05) is 54.1 Å². The Morgan fingerprint density at radius 2 is 1.83 bits per heavy atom. The van der Waals surface area contributed by atoms with Crippen molar-refractivity contribution >= 4 is 39.7 Å². The van der Waals surface area contributed by atoms with Crippen LogP contribution in [-0.2, 0) is 11.3 Å². The smallest absolute Gasteiger partial charge is 0.271 e. The number of anilines is 1. The van der Waals surface area contributed by atoms with E-state index in [1.807, 2.05) is 6.07 Å². The Bertz CT molecular complexity index is 1090. The molecule has 1 heterocycles. The second-order valence-electron chi connectivity index (χ2n) is 7.60. The lowest BCUT2D eigenvalue weighted by Gasteiger charge is -2.31. The standard InChI is InChI=1S/C23H22ClN3O3/c24-21-9-8-19(27(29)30)14-22(21)25-23(28)17-10-12-26(13-11-17)15-18-6-3-5-16-4-1-2-7-20(16)18/h1-9,14,17H,10-13,15H2,(H,25,28). The van der Waals surface area contributed by atoms with Gasteiger partial charge in [0.2, 0.25) is 5.91 Å². The minimum atomic E-state index is -0.502. The minimum Gasteiger partial charge on any atom is -0.324 e. The normalized spacial score (nSPS) is 15.2. The number of nitro benzene ring substituents is 1. The zero-order valence-electron chi connectivity index (χ0n) is 16.4. The quantitative estimate of drug-likeness (QED) is 0.449. The van der Waals surface area contributed by atoms with Crippen LogP contribution in [0.15, 0.2) is 60.7 Å². The summed E-state index contributed by atoms with van der Waals surface area (Å²) in [5.41, 5.74) is 1.48. The highest BCUT2D eigenvalue weighted by Gasteiger charge is 2.26. The maximum Gasteiger partial charge on any atom is 0.271 e. The Kier molecular flexibility index (Phi) is 5.97. The molecule has 1 aliphatic heterocycles. The predicted molar refractivity (Wildman–Crippen MR) is 119 cm³/mol. The van der Waals surface area contributed by atoms with Crippen LogP contribution in [-0.4, -0.2) is 28.8 Å². The first-order chi connectivity index (χ1) is 14.5. The number of carbonyl (C=O) groups is 1. The van der Waals surface area contributed by atoms with Crippen LogP contribution >= 0.6 is 11.6 Å². The Hall–Kier alpha value is -2.96. The molecule has 1 N–H and O–H groups in total. The van der Waals surface area contributed by atoms with Gasteiger partial charge in [-0.05, 0) is 48.3 Å². The molecule has 1 aliphatic rings. The fourth-order valence-corrected chi connectivity index (χ4v) is 4.15. The second-order valence-corrected chi connectivity index (χ2v) is 8.01. The first-order valence-electron chi connectivity index (χ1n) is 9.95. The van der Waals surface area contributed by atoms with Crippen molar-refractivity contribution in [2.24, 2.45) is 5.92 Å². The summed E-state index contributed by atoms with van der Waals surface area (Å²) in [6, 6.07) is 18.8. The zero-order valence-corrected chi connectivity index (χ0v) is 17.1. The largest absolute Gasteiger partial charge is 0.324 e. The van der Waals surface area contributed by atoms with Crippen molar-refractivity contribution in [2.45, 2.75) is 19.4 Å². The van der Waals surface area contributed by atoms with Crippen LogP contribution in [0.1, 0.15) is 18.4 Å². The number of piperidine rings is 1. The van der Waals surface area contributed by atoms with Crippen molar-refractivity contribution in [1.82, 2.24) is 4.90 Å². The van der Waals surface area contributed by atoms with Gasteiger partial charge in [-0.2, -0.15) is 0 Å². The van der Waals surface area contributed by atoms with E-state index in [0.29, 0.717) is 5.02 Å². The molecule has 0 unspecified atom stereocenters. The predicted octanol–water partition coefficient (Wildman–Crippen LogP) is 5.25. The SMILES string of the molecule is O=C(Nc1cc([N+](=O)[O-])ccc1Cl)C1CCN(Cc2cccc3ccccc23)CC1. The van der Waals surface area contributed by atoms with Gasteiger partial charge >= 0.3 is 0 Å². The van der Waals surface area contributed by atoms with E-state index in [1.165, 1.54) is 34.5 Å². The summed E-state index contributed by atoms with van der Waals surface area (Å²) >= 11 is 6.10. The highest BCUT2D eigenvalue weighted by molar-refractivity contribution is 6.33. The number of hydrogen-bond acceptors (Lipinski definition) is 4. The summed E-state index contributed by atoms with van der Waals surface area (Å²) in [4.78, 5) is 25.5. The van der Waals surface area contributed by atoms with Crippen LogP contribution in [0.25, 0.3) is 10.8 Å². The van der Waals surface area contributed by atoms with Crippen LogP contribution in [0.5, 0.6) is 0 Å². The van der Waals surface area contributed by atoms with Crippen LogP contribution in [0.4, 0.5) is 11.4 Å². The number of fused-ring (bicyclic) bond motifs is 1. The third-order valence-electron chi connectivity index (χ3n) is 5.65. The number of non-ortho nitro benzene ring substituents is 1. The van der Waals surface area contributed by atoms with Crippen LogP contribution in [0, 0.1) is 16.0 Å². The average molecular weight is 424 g/mol. The summed E-state index contributed by atoms with van der Waals surface area (Å²) in [6.07, 6.45) is 1.48. The number of nitrogens with one attached hydrogen (secondary N) is 1. The van der Waals surface area contributed by atoms with E-state index in [2.05, 4.69) is 46.6 Å². The van der Waals surface area contributed by atoms with Crippen molar-refractivity contribution < 1.29 is 9.72 Å². The molecule has 4 rings (SSSR count). The molecule has 0 atom stereocenters. The van der Waals surface area contributed by atoms with Crippen LogP contribution in [0.3, 0.4) is 0 Å². The Labute approximate surface area is 179 Å². The molecule has 1 fully saturated rings. The first kappa shape index (κ1) is 20.3. The van der Waals surface area contributed by atoms with Gasteiger partial charge in [0, 0.05) is 24.6 Å². The summed E-state index contributed by atoms with van der Waals surface area (Å²) in [7, 11) is 0. The van der Waals surface area contributed by atoms with E-state index < -0.39 is 4.92 Å². The first-order valence-corrected chi connectivity index (χ1v) is 10.3. The summed E-state index contributed by atoms with van der Waals surface area (Å²) in [5.74, 6) is -0.272. The van der Waals surface area contributed by atoms with Crippen molar-refractivity contribution in [1.29, 1.82) is 0 Å². The van der Waals surface area contributed by atoms with Gasteiger partial charge in [-0.3, -0.25) is 19.8 Å². The molecule has 0 aromatic heterocycles. The number of benzene rings is 3. The second kappa shape index (κ2) is 8.81. The van der Waals surface area contributed by atoms with E-state index in [-0.39, 0.29) is 23.2 Å². The van der Waals surface area contributed by atoms with Crippen LogP contribution < -0.4 is 5.32 Å². The Morgan fingerprint density at radius 3 is 2.60 bits per heavy atom. The number of halogens is 1. The molecule has 7 heteroatoms. The molecule has 1 amide bonds. The molecule has 0 spiro atoms. The number of rotatable bonds is 5. The Balaban J connectivity index is 1.37. The van der Waals surface area contributed by atoms with Gasteiger partial charge < -0.3 is 5.32 Å². The molecule has 1 saturated heterocycles. The number of hydrogen-bond donors (Lipinski definition) is 1. The molecule has 3 aromatic carbocycles. The van der Waals surface area contributed by atoms with Crippen LogP contribution in [0.2, 0.25) is 5.02 Å². The number of carbonyl (C=O) groups excluding carboxylic acids is 1. The molecule has 154 valence electrons. The van der Waals surface area contributed by atoms with E-state index in [1.54, 1.807) is 0 Å². The summed E-state index contributed by atoms with van der Waals surface area (Å²) < 4.78 is 0. The average Bonchev–Trinajstić information content (AvgIpc) is 2.76. The van der Waals surface area contributed by atoms with Crippen molar-refractivity contribution in [3.63, 3.8) is 0 Å². The molecule has 3 aromatic rings. The van der Waals surface area contributed by atoms with Gasteiger partial charge in [-0.25, -0.2) is 0 Å². The highest BCUT2D eigenvalue weighted by Crippen LogP contribution is 2.29. The Morgan fingerprint density at radius 1 is 1.10 bits per heavy atom. The third kappa shape index (κ3) is 4.45. The van der Waals surface area contributed by atoms with Gasteiger partial charge in [0.1, 0.15) is 0 Å². The van der Waals surface area contributed by atoms with Crippen molar-refractivity contribution in [3.05, 3.63) is 81.4 Å². The van der Waals surface area contributed by atoms with E-state index in [9.17, 15) is 14.9 Å². The molecule has 0 radical (unpaired) electrons. The lowest BCUT2D eigenvalue weighted by Crippen LogP contribution is -2.37. The van der Waals surface area contributed by atoms with Crippen molar-refractivity contribution in [3.8, 4) is 0 Å². The lowest BCUT2D eigenvalue weighted by atomic mass is 9.95. The van der Waals surface area contributed by atoms with Gasteiger partial charge in [0.25, 0.3) is 5.69 Å². The summed E-state index contributed by atoms with van der Waals surface area (Å²) in [5, 5.41) is 16.5.